The van der Waals surface area contributed by atoms with E-state index in [1.165, 1.54) is 25.7 Å². The number of ether oxygens (including phenoxy) is 2. The number of hydrogen-bond donors (Lipinski definition) is 1. The Kier molecular flexibility index (Phi) is 3.96. The van der Waals surface area contributed by atoms with Crippen molar-refractivity contribution in [2.75, 3.05) is 39.4 Å². The van der Waals surface area contributed by atoms with Crippen molar-refractivity contribution in [1.29, 1.82) is 0 Å². The molecule has 0 radical (unpaired) electrons. The first-order valence-corrected chi connectivity index (χ1v) is 7.09. The summed E-state index contributed by atoms with van der Waals surface area (Å²) in [5.74, 6) is 0. The molecule has 0 bridgehead atoms. The Morgan fingerprint density at radius 2 is 1.76 bits per heavy atom. The standard InChI is InChI=1S/C13H24N2O2/c1-2-11(1)14-9-12-3-4-13(17-12)10-15-5-7-16-8-6-15/h11-14H,1-10H2. The molecule has 2 atom stereocenters. The summed E-state index contributed by atoms with van der Waals surface area (Å²) in [7, 11) is 0. The summed E-state index contributed by atoms with van der Waals surface area (Å²) in [6.07, 6.45) is 6.11. The third kappa shape index (κ3) is 3.65. The van der Waals surface area contributed by atoms with Gasteiger partial charge in [-0.15, -0.1) is 0 Å². The summed E-state index contributed by atoms with van der Waals surface area (Å²) in [5, 5.41) is 3.56. The van der Waals surface area contributed by atoms with Crippen LogP contribution in [0.2, 0.25) is 0 Å². The summed E-state index contributed by atoms with van der Waals surface area (Å²) >= 11 is 0. The van der Waals surface area contributed by atoms with Crippen molar-refractivity contribution in [1.82, 2.24) is 10.2 Å². The zero-order valence-corrected chi connectivity index (χ0v) is 10.6. The van der Waals surface area contributed by atoms with Crippen molar-refractivity contribution in [3.63, 3.8) is 0 Å². The first-order valence-electron chi connectivity index (χ1n) is 7.09. The van der Waals surface area contributed by atoms with E-state index >= 15 is 0 Å². The molecule has 1 saturated carbocycles. The van der Waals surface area contributed by atoms with Gasteiger partial charge >= 0.3 is 0 Å². The van der Waals surface area contributed by atoms with E-state index in [4.69, 9.17) is 9.47 Å². The molecule has 3 rings (SSSR count). The highest BCUT2D eigenvalue weighted by Gasteiger charge is 2.29. The molecule has 2 heterocycles. The lowest BCUT2D eigenvalue weighted by atomic mass is 10.2. The summed E-state index contributed by atoms with van der Waals surface area (Å²) in [6, 6.07) is 0.803. The summed E-state index contributed by atoms with van der Waals surface area (Å²) < 4.78 is 11.5. The van der Waals surface area contributed by atoms with Gasteiger partial charge < -0.3 is 14.8 Å². The van der Waals surface area contributed by atoms with E-state index in [0.29, 0.717) is 12.2 Å². The van der Waals surface area contributed by atoms with Gasteiger partial charge in [0.05, 0.1) is 25.4 Å². The second kappa shape index (κ2) is 5.65. The van der Waals surface area contributed by atoms with Crippen LogP contribution in [0.5, 0.6) is 0 Å². The van der Waals surface area contributed by atoms with E-state index < -0.39 is 0 Å². The van der Waals surface area contributed by atoms with Crippen LogP contribution in [-0.4, -0.2) is 62.5 Å². The third-order valence-corrected chi connectivity index (χ3v) is 3.97. The van der Waals surface area contributed by atoms with Crippen molar-refractivity contribution >= 4 is 0 Å². The molecule has 3 fully saturated rings. The number of morpholine rings is 1. The average Bonchev–Trinajstić information content (AvgIpc) is 3.09. The third-order valence-electron chi connectivity index (χ3n) is 3.97. The lowest BCUT2D eigenvalue weighted by Gasteiger charge is -2.28. The van der Waals surface area contributed by atoms with Crippen molar-refractivity contribution in [2.45, 2.75) is 43.9 Å². The van der Waals surface area contributed by atoms with Gasteiger partial charge in [0.2, 0.25) is 0 Å². The van der Waals surface area contributed by atoms with Gasteiger partial charge in [0.15, 0.2) is 0 Å². The summed E-state index contributed by atoms with van der Waals surface area (Å²) in [5.41, 5.74) is 0. The maximum absolute atomic E-state index is 6.10. The quantitative estimate of drug-likeness (QED) is 0.764. The molecule has 3 aliphatic rings. The Balaban J connectivity index is 1.34. The summed E-state index contributed by atoms with van der Waals surface area (Å²) in [4.78, 5) is 2.48. The van der Waals surface area contributed by atoms with Crippen LogP contribution in [0.4, 0.5) is 0 Å². The van der Waals surface area contributed by atoms with Gasteiger partial charge in [-0.1, -0.05) is 0 Å². The molecule has 2 aliphatic heterocycles. The Labute approximate surface area is 104 Å². The van der Waals surface area contributed by atoms with Gasteiger partial charge in [0, 0.05) is 32.2 Å². The van der Waals surface area contributed by atoms with Crippen LogP contribution in [0, 0.1) is 0 Å². The fraction of sp³-hybridized carbons (Fsp3) is 1.00. The Morgan fingerprint density at radius 3 is 2.53 bits per heavy atom. The highest BCUT2D eigenvalue weighted by Crippen LogP contribution is 2.23. The van der Waals surface area contributed by atoms with Gasteiger partial charge in [-0.3, -0.25) is 4.90 Å². The van der Waals surface area contributed by atoms with Crippen LogP contribution >= 0.6 is 0 Å². The lowest BCUT2D eigenvalue weighted by molar-refractivity contribution is -0.0108. The molecule has 0 aromatic carbocycles. The topological polar surface area (TPSA) is 33.7 Å². The Hall–Kier alpha value is -0.160. The Morgan fingerprint density at radius 1 is 1.00 bits per heavy atom. The molecule has 4 nitrogen and oxygen atoms in total. The fourth-order valence-corrected chi connectivity index (χ4v) is 2.72. The smallest absolute Gasteiger partial charge is 0.0707 e. The highest BCUT2D eigenvalue weighted by molar-refractivity contribution is 4.84. The van der Waals surface area contributed by atoms with Crippen LogP contribution in [0.3, 0.4) is 0 Å². The highest BCUT2D eigenvalue weighted by atomic mass is 16.5. The van der Waals surface area contributed by atoms with Gasteiger partial charge in [-0.25, -0.2) is 0 Å². The van der Waals surface area contributed by atoms with E-state index in [1.54, 1.807) is 0 Å². The molecule has 0 aromatic heterocycles. The van der Waals surface area contributed by atoms with Gasteiger partial charge in [-0.2, -0.15) is 0 Å². The molecular formula is C13H24N2O2. The molecule has 1 aliphatic carbocycles. The van der Waals surface area contributed by atoms with E-state index in [0.717, 1.165) is 45.4 Å². The minimum Gasteiger partial charge on any atom is -0.379 e. The second-order valence-electron chi connectivity index (χ2n) is 5.55. The molecule has 0 spiro atoms. The van der Waals surface area contributed by atoms with E-state index in [-0.39, 0.29) is 0 Å². The molecule has 1 N–H and O–H groups in total. The first kappa shape index (κ1) is 11.9. The number of nitrogens with zero attached hydrogens (tertiary/aromatic N) is 1. The number of nitrogens with one attached hydrogen (secondary N) is 1. The first-order chi connectivity index (χ1) is 8.40. The van der Waals surface area contributed by atoms with Crippen LogP contribution < -0.4 is 5.32 Å². The fourth-order valence-electron chi connectivity index (χ4n) is 2.72. The van der Waals surface area contributed by atoms with Gasteiger partial charge in [-0.05, 0) is 25.7 Å². The van der Waals surface area contributed by atoms with Crippen LogP contribution in [0.1, 0.15) is 25.7 Å². The molecule has 17 heavy (non-hydrogen) atoms. The molecule has 2 unspecified atom stereocenters. The van der Waals surface area contributed by atoms with Gasteiger partial charge in [0.1, 0.15) is 0 Å². The summed E-state index contributed by atoms with van der Waals surface area (Å²) in [6.45, 7) is 6.09. The van der Waals surface area contributed by atoms with Crippen molar-refractivity contribution in [2.24, 2.45) is 0 Å². The number of hydrogen-bond acceptors (Lipinski definition) is 4. The van der Waals surface area contributed by atoms with Crippen molar-refractivity contribution in [3.05, 3.63) is 0 Å². The van der Waals surface area contributed by atoms with Crippen LogP contribution in [-0.2, 0) is 9.47 Å². The predicted octanol–water partition coefficient (Wildman–Crippen LogP) is 0.618. The second-order valence-corrected chi connectivity index (χ2v) is 5.55. The minimum atomic E-state index is 0.458. The maximum atomic E-state index is 6.10. The van der Waals surface area contributed by atoms with E-state index in [9.17, 15) is 0 Å². The van der Waals surface area contributed by atoms with Crippen molar-refractivity contribution in [3.8, 4) is 0 Å². The normalized spacial score (nSPS) is 35.3. The number of rotatable bonds is 5. The predicted molar refractivity (Wildman–Crippen MR) is 66.2 cm³/mol. The maximum Gasteiger partial charge on any atom is 0.0707 e. The molecule has 2 saturated heterocycles. The zero-order valence-electron chi connectivity index (χ0n) is 10.6. The van der Waals surface area contributed by atoms with Crippen LogP contribution in [0.25, 0.3) is 0 Å². The molecule has 4 heteroatoms. The molecule has 0 aromatic rings. The molecular weight excluding hydrogens is 216 g/mol. The Bertz CT molecular complexity index is 240. The average molecular weight is 240 g/mol. The minimum absolute atomic E-state index is 0.458. The van der Waals surface area contributed by atoms with E-state index in [1.807, 2.05) is 0 Å². The van der Waals surface area contributed by atoms with E-state index in [2.05, 4.69) is 10.2 Å². The van der Waals surface area contributed by atoms with Gasteiger partial charge in [0.25, 0.3) is 0 Å². The van der Waals surface area contributed by atoms with Crippen molar-refractivity contribution < 1.29 is 9.47 Å². The SMILES string of the molecule is C1CN(CC2CCC(CNC3CC3)O2)CCO1. The lowest BCUT2D eigenvalue weighted by Crippen LogP contribution is -2.41. The monoisotopic (exact) mass is 240 g/mol. The molecule has 0 amide bonds. The van der Waals surface area contributed by atoms with Crippen LogP contribution in [0.15, 0.2) is 0 Å². The zero-order chi connectivity index (χ0) is 11.5. The largest absolute Gasteiger partial charge is 0.379 e. The molecule has 98 valence electrons.